The first-order valence-corrected chi connectivity index (χ1v) is 8.38. The number of benzene rings is 1. The number of halogens is 1. The molecular formula is C19H18FN5O. The van der Waals surface area contributed by atoms with Gasteiger partial charge in [0.15, 0.2) is 0 Å². The van der Waals surface area contributed by atoms with Gasteiger partial charge in [-0.05, 0) is 43.5 Å². The summed E-state index contributed by atoms with van der Waals surface area (Å²) in [6, 6.07) is 4.87. The zero-order valence-electron chi connectivity index (χ0n) is 14.2. The third kappa shape index (κ3) is 3.15. The van der Waals surface area contributed by atoms with Crippen molar-refractivity contribution in [1.29, 1.82) is 0 Å². The van der Waals surface area contributed by atoms with E-state index < -0.39 is 11.7 Å². The lowest BCUT2D eigenvalue weighted by atomic mass is 10.1. The van der Waals surface area contributed by atoms with Crippen molar-refractivity contribution in [3.05, 3.63) is 59.9 Å². The maximum atomic E-state index is 14.3. The van der Waals surface area contributed by atoms with E-state index in [9.17, 15) is 9.18 Å². The molecule has 3 N–H and O–H groups in total. The second kappa shape index (κ2) is 6.25. The highest BCUT2D eigenvalue weighted by atomic mass is 19.1. The fraction of sp³-hybridized carbons (Fsp3) is 0.211. The molecular weight excluding hydrogens is 333 g/mol. The third-order valence-electron chi connectivity index (χ3n) is 4.36. The van der Waals surface area contributed by atoms with Crippen molar-refractivity contribution in [1.82, 2.24) is 20.1 Å². The molecule has 0 aliphatic heterocycles. The van der Waals surface area contributed by atoms with Gasteiger partial charge in [0.2, 0.25) is 0 Å². The predicted molar refractivity (Wildman–Crippen MR) is 96.4 cm³/mol. The molecule has 1 aliphatic carbocycles. The Morgan fingerprint density at radius 2 is 2.04 bits per heavy atom. The van der Waals surface area contributed by atoms with Crippen molar-refractivity contribution in [2.24, 2.45) is 0 Å². The molecule has 4 rings (SSSR count). The van der Waals surface area contributed by atoms with Gasteiger partial charge in [-0.25, -0.2) is 9.07 Å². The van der Waals surface area contributed by atoms with Gasteiger partial charge in [0.1, 0.15) is 5.82 Å². The zero-order valence-corrected chi connectivity index (χ0v) is 14.2. The van der Waals surface area contributed by atoms with Crippen molar-refractivity contribution >= 4 is 11.6 Å². The molecule has 3 aromatic rings. The summed E-state index contributed by atoms with van der Waals surface area (Å²) in [5.41, 5.74) is 9.37. The number of aromatic nitrogens is 3. The number of rotatable bonds is 4. The zero-order chi connectivity index (χ0) is 18.3. The van der Waals surface area contributed by atoms with Crippen LogP contribution in [0.15, 0.2) is 43.0 Å². The van der Waals surface area contributed by atoms with E-state index in [1.807, 2.05) is 0 Å². The fourth-order valence-electron chi connectivity index (χ4n) is 2.79. The van der Waals surface area contributed by atoms with Crippen LogP contribution in [0, 0.1) is 12.7 Å². The van der Waals surface area contributed by atoms with Crippen molar-refractivity contribution in [2.75, 3.05) is 5.73 Å². The van der Waals surface area contributed by atoms with Crippen LogP contribution in [0.4, 0.5) is 10.1 Å². The molecule has 7 heteroatoms. The van der Waals surface area contributed by atoms with Crippen molar-refractivity contribution in [2.45, 2.75) is 25.8 Å². The van der Waals surface area contributed by atoms with Gasteiger partial charge in [-0.15, -0.1) is 0 Å². The summed E-state index contributed by atoms with van der Waals surface area (Å²) < 4.78 is 15.9. The molecule has 26 heavy (non-hydrogen) atoms. The topological polar surface area (TPSA) is 85.8 Å². The van der Waals surface area contributed by atoms with Gasteiger partial charge in [-0.3, -0.25) is 9.78 Å². The van der Waals surface area contributed by atoms with Gasteiger partial charge in [0.05, 0.1) is 23.1 Å². The molecule has 6 nitrogen and oxygen atoms in total. The maximum Gasteiger partial charge on any atom is 0.254 e. The molecule has 1 saturated carbocycles. The van der Waals surface area contributed by atoms with E-state index >= 15 is 0 Å². The maximum absolute atomic E-state index is 14.3. The smallest absolute Gasteiger partial charge is 0.254 e. The molecule has 1 aliphatic rings. The molecule has 0 radical (unpaired) electrons. The number of aryl methyl sites for hydroxylation is 1. The summed E-state index contributed by atoms with van der Waals surface area (Å²) in [6.45, 7) is 1.78. The molecule has 0 atom stereocenters. The molecule has 1 amide bonds. The van der Waals surface area contributed by atoms with Crippen LogP contribution in [0.2, 0.25) is 0 Å². The quantitative estimate of drug-likeness (QED) is 0.757. The summed E-state index contributed by atoms with van der Waals surface area (Å²) in [5.74, 6) is -0.921. The second-order valence-electron chi connectivity index (χ2n) is 6.55. The average molecular weight is 351 g/mol. The molecule has 0 spiro atoms. The van der Waals surface area contributed by atoms with Gasteiger partial charge in [-0.1, -0.05) is 0 Å². The lowest BCUT2D eigenvalue weighted by Gasteiger charge is -2.10. The number of carbonyl (C=O) groups is 1. The largest absolute Gasteiger partial charge is 0.397 e. The summed E-state index contributed by atoms with van der Waals surface area (Å²) >= 11 is 0. The summed E-state index contributed by atoms with van der Waals surface area (Å²) in [5, 5.41) is 7.17. The first-order chi connectivity index (χ1) is 12.5. The lowest BCUT2D eigenvalue weighted by Crippen LogP contribution is -2.26. The van der Waals surface area contributed by atoms with Crippen LogP contribution in [-0.2, 0) is 0 Å². The second-order valence-corrected chi connectivity index (χ2v) is 6.55. The third-order valence-corrected chi connectivity index (χ3v) is 4.36. The minimum absolute atomic E-state index is 0.0279. The fourth-order valence-corrected chi connectivity index (χ4v) is 2.79. The molecule has 2 aromatic heterocycles. The predicted octanol–water partition coefficient (Wildman–Crippen LogP) is 2.86. The van der Waals surface area contributed by atoms with Crippen molar-refractivity contribution in [3.8, 4) is 16.8 Å². The number of pyridine rings is 1. The number of nitrogens with zero attached hydrogens (tertiary/aromatic N) is 3. The molecule has 1 fully saturated rings. The Morgan fingerprint density at radius 1 is 1.23 bits per heavy atom. The van der Waals surface area contributed by atoms with Gasteiger partial charge in [0.25, 0.3) is 5.91 Å². The number of hydrogen-bond donors (Lipinski definition) is 2. The lowest BCUT2D eigenvalue weighted by molar-refractivity contribution is 0.0947. The van der Waals surface area contributed by atoms with Crippen LogP contribution in [0.5, 0.6) is 0 Å². The highest BCUT2D eigenvalue weighted by Gasteiger charge is 2.25. The normalized spacial score (nSPS) is 13.6. The van der Waals surface area contributed by atoms with E-state index in [2.05, 4.69) is 15.4 Å². The number of nitrogens with two attached hydrogens (primary N) is 1. The van der Waals surface area contributed by atoms with Crippen LogP contribution < -0.4 is 11.1 Å². The minimum Gasteiger partial charge on any atom is -0.397 e. The monoisotopic (exact) mass is 351 g/mol. The van der Waals surface area contributed by atoms with Gasteiger partial charge < -0.3 is 11.1 Å². The number of nitrogen functional groups attached to an aromatic ring is 1. The van der Waals surface area contributed by atoms with Crippen LogP contribution in [-0.4, -0.2) is 26.7 Å². The minimum atomic E-state index is -0.531. The number of hydrogen-bond acceptors (Lipinski definition) is 4. The summed E-state index contributed by atoms with van der Waals surface area (Å²) in [6.07, 6.45) is 8.65. The van der Waals surface area contributed by atoms with Crippen molar-refractivity contribution in [3.63, 3.8) is 0 Å². The Kier molecular flexibility index (Phi) is 3.91. The van der Waals surface area contributed by atoms with E-state index in [-0.39, 0.29) is 11.6 Å². The molecule has 1 aromatic carbocycles. The van der Waals surface area contributed by atoms with Crippen LogP contribution in [0.3, 0.4) is 0 Å². The van der Waals surface area contributed by atoms with Crippen LogP contribution >= 0.6 is 0 Å². The molecule has 0 bridgehead atoms. The molecule has 0 unspecified atom stereocenters. The molecule has 132 valence electrons. The summed E-state index contributed by atoms with van der Waals surface area (Å²) in [4.78, 5) is 16.3. The standard InChI is InChI=1S/C19H18FN5O/c1-11-4-17(20)16(19(26)24-15-2-3-15)6-18(11)25-10-13(8-23-25)12-5-14(21)9-22-7-12/h4-10,15H,2-3,21H2,1H3,(H,24,26). The van der Waals surface area contributed by atoms with E-state index in [0.29, 0.717) is 16.9 Å². The van der Waals surface area contributed by atoms with Gasteiger partial charge in [0, 0.05) is 35.8 Å². The highest BCUT2D eigenvalue weighted by molar-refractivity contribution is 5.95. The number of carbonyl (C=O) groups excluding carboxylic acids is 1. The Balaban J connectivity index is 1.70. The number of nitrogens with one attached hydrogen (secondary N) is 1. The van der Waals surface area contributed by atoms with E-state index in [4.69, 9.17) is 5.73 Å². The van der Waals surface area contributed by atoms with Gasteiger partial charge >= 0.3 is 0 Å². The van der Waals surface area contributed by atoms with E-state index in [1.54, 1.807) is 42.5 Å². The number of anilines is 1. The van der Waals surface area contributed by atoms with Crippen LogP contribution in [0.1, 0.15) is 28.8 Å². The Morgan fingerprint density at radius 3 is 2.77 bits per heavy atom. The Labute approximate surface area is 149 Å². The van der Waals surface area contributed by atoms with E-state index in [0.717, 1.165) is 24.0 Å². The van der Waals surface area contributed by atoms with Crippen LogP contribution in [0.25, 0.3) is 16.8 Å². The first-order valence-electron chi connectivity index (χ1n) is 8.38. The molecule has 0 saturated heterocycles. The first kappa shape index (κ1) is 16.3. The van der Waals surface area contributed by atoms with Gasteiger partial charge in [-0.2, -0.15) is 5.10 Å². The average Bonchev–Trinajstić information content (AvgIpc) is 3.28. The summed E-state index contributed by atoms with van der Waals surface area (Å²) in [7, 11) is 0. The van der Waals surface area contributed by atoms with E-state index in [1.165, 1.54) is 12.1 Å². The molecule has 2 heterocycles. The van der Waals surface area contributed by atoms with Crippen molar-refractivity contribution < 1.29 is 9.18 Å². The Bertz CT molecular complexity index is 993. The number of amides is 1. The Hall–Kier alpha value is -3.22. The SMILES string of the molecule is Cc1cc(F)c(C(=O)NC2CC2)cc1-n1cc(-c2cncc(N)c2)cn1. The highest BCUT2D eigenvalue weighted by Crippen LogP contribution is 2.25.